The highest BCUT2D eigenvalue weighted by Gasteiger charge is 2.21. The van der Waals surface area contributed by atoms with Crippen molar-refractivity contribution in [3.05, 3.63) is 70.2 Å². The van der Waals surface area contributed by atoms with Gasteiger partial charge in [0.15, 0.2) is 0 Å². The van der Waals surface area contributed by atoms with Gasteiger partial charge in [-0.3, -0.25) is 0 Å². The number of aromatic nitrogens is 1. The maximum Gasteiger partial charge on any atom is 0.123 e. The zero-order valence-electron chi connectivity index (χ0n) is 15.8. The number of para-hydroxylation sites is 1. The van der Waals surface area contributed by atoms with Crippen molar-refractivity contribution in [3.63, 3.8) is 0 Å². The number of hydrogen-bond acceptors (Lipinski definition) is 5. The first-order valence-corrected chi connectivity index (χ1v) is 10.6. The Hall–Kier alpha value is -1.92. The number of benzene rings is 2. The van der Waals surface area contributed by atoms with Crippen molar-refractivity contribution in [2.24, 2.45) is 0 Å². The van der Waals surface area contributed by atoms with Crippen LogP contribution in [0.15, 0.2) is 54.6 Å². The summed E-state index contributed by atoms with van der Waals surface area (Å²) in [5.74, 6) is 0. The summed E-state index contributed by atoms with van der Waals surface area (Å²) in [5.41, 5.74) is 3.34. The minimum atomic E-state index is 0.0814. The highest BCUT2D eigenvalue weighted by Crippen LogP contribution is 2.29. The van der Waals surface area contributed by atoms with E-state index >= 15 is 0 Å². The van der Waals surface area contributed by atoms with Crippen LogP contribution in [0.5, 0.6) is 0 Å². The lowest BCUT2D eigenvalue weighted by Crippen LogP contribution is -2.44. The predicted octanol–water partition coefficient (Wildman–Crippen LogP) is 5.19. The van der Waals surface area contributed by atoms with Gasteiger partial charge in [-0.2, -0.15) is 0 Å². The first-order valence-electron chi connectivity index (χ1n) is 9.40. The lowest BCUT2D eigenvalue weighted by Gasteiger charge is -2.34. The molecule has 0 bridgehead atoms. The van der Waals surface area contributed by atoms with E-state index < -0.39 is 0 Å². The van der Waals surface area contributed by atoms with Gasteiger partial charge in [-0.05, 0) is 31.2 Å². The molecule has 4 nitrogen and oxygen atoms in total. The number of ether oxygens (including phenoxy) is 2. The van der Waals surface area contributed by atoms with Crippen LogP contribution in [0.25, 0.3) is 10.6 Å². The molecule has 146 valence electrons. The fourth-order valence-corrected chi connectivity index (χ4v) is 4.39. The van der Waals surface area contributed by atoms with Crippen LogP contribution in [0.3, 0.4) is 0 Å². The van der Waals surface area contributed by atoms with E-state index in [4.69, 9.17) is 21.1 Å². The Balaban J connectivity index is 1.32. The first-order chi connectivity index (χ1) is 13.7. The second-order valence-corrected chi connectivity index (χ2v) is 8.34. The normalized spacial score (nSPS) is 17.1. The van der Waals surface area contributed by atoms with E-state index in [0.717, 1.165) is 45.9 Å². The van der Waals surface area contributed by atoms with Crippen molar-refractivity contribution in [2.75, 3.05) is 31.2 Å². The van der Waals surface area contributed by atoms with Crippen LogP contribution in [0.1, 0.15) is 10.6 Å². The highest BCUT2D eigenvalue weighted by atomic mass is 35.5. The third kappa shape index (κ3) is 4.73. The van der Waals surface area contributed by atoms with E-state index in [-0.39, 0.29) is 6.10 Å². The molecule has 28 heavy (non-hydrogen) atoms. The van der Waals surface area contributed by atoms with Gasteiger partial charge in [0.2, 0.25) is 0 Å². The fraction of sp³-hybridized carbons (Fsp3) is 0.318. The quantitative estimate of drug-likeness (QED) is 0.555. The summed E-state index contributed by atoms with van der Waals surface area (Å²) in [6, 6.07) is 18.2. The third-order valence-electron chi connectivity index (χ3n) is 4.78. The maximum absolute atomic E-state index is 5.99. The molecule has 2 heterocycles. The van der Waals surface area contributed by atoms with Crippen LogP contribution in [-0.2, 0) is 16.1 Å². The third-order valence-corrected chi connectivity index (χ3v) is 6.21. The molecule has 4 rings (SSSR count). The summed E-state index contributed by atoms with van der Waals surface area (Å²) in [5, 5.41) is 1.73. The highest BCUT2D eigenvalue weighted by molar-refractivity contribution is 7.15. The number of rotatable bonds is 6. The standard InChI is InChI=1S/C22H23ClN2O2S/c1-16-21(28-22(24-16)17-7-9-18(23)10-8-17)15-26-14-20-13-25(11-12-27-20)19-5-3-2-4-6-19/h2-10,20H,11-15H2,1H3. The molecule has 2 aromatic carbocycles. The second kappa shape index (κ2) is 9.05. The van der Waals surface area contributed by atoms with Gasteiger partial charge in [0.25, 0.3) is 0 Å². The predicted molar refractivity (Wildman–Crippen MR) is 115 cm³/mol. The Labute approximate surface area is 174 Å². The van der Waals surface area contributed by atoms with Gasteiger partial charge in [-0.15, -0.1) is 11.3 Å². The number of aryl methyl sites for hydroxylation is 1. The molecule has 3 aromatic rings. The second-order valence-electron chi connectivity index (χ2n) is 6.82. The molecule has 0 N–H and O–H groups in total. The van der Waals surface area contributed by atoms with Crippen LogP contribution in [-0.4, -0.2) is 37.4 Å². The number of anilines is 1. The van der Waals surface area contributed by atoms with E-state index in [1.807, 2.05) is 37.3 Å². The zero-order chi connectivity index (χ0) is 19.3. The van der Waals surface area contributed by atoms with Crippen molar-refractivity contribution >= 4 is 28.6 Å². The van der Waals surface area contributed by atoms with Crippen molar-refractivity contribution in [1.29, 1.82) is 0 Å². The van der Waals surface area contributed by atoms with Crippen molar-refractivity contribution in [2.45, 2.75) is 19.6 Å². The topological polar surface area (TPSA) is 34.6 Å². The van der Waals surface area contributed by atoms with Crippen molar-refractivity contribution in [3.8, 4) is 10.6 Å². The summed E-state index contributed by atoms with van der Waals surface area (Å²) < 4.78 is 11.9. The SMILES string of the molecule is Cc1nc(-c2ccc(Cl)cc2)sc1COCC1CN(c2ccccc2)CCO1. The van der Waals surface area contributed by atoms with E-state index in [1.54, 1.807) is 11.3 Å². The van der Waals surface area contributed by atoms with Crippen molar-refractivity contribution < 1.29 is 9.47 Å². The minimum absolute atomic E-state index is 0.0814. The fourth-order valence-electron chi connectivity index (χ4n) is 3.25. The average Bonchev–Trinajstić information content (AvgIpc) is 3.10. The van der Waals surface area contributed by atoms with Gasteiger partial charge < -0.3 is 14.4 Å². The summed E-state index contributed by atoms with van der Waals surface area (Å²) >= 11 is 7.65. The number of halogens is 1. The average molecular weight is 415 g/mol. The minimum Gasteiger partial charge on any atom is -0.373 e. The Kier molecular flexibility index (Phi) is 6.27. The number of hydrogen-bond donors (Lipinski definition) is 0. The molecular formula is C22H23ClN2O2S. The Morgan fingerprint density at radius 2 is 1.96 bits per heavy atom. The Morgan fingerprint density at radius 3 is 2.75 bits per heavy atom. The lowest BCUT2D eigenvalue weighted by molar-refractivity contribution is -0.0279. The molecule has 6 heteroatoms. The lowest BCUT2D eigenvalue weighted by atomic mass is 10.2. The molecule has 1 atom stereocenters. The Morgan fingerprint density at radius 1 is 1.18 bits per heavy atom. The van der Waals surface area contributed by atoms with Gasteiger partial charge in [0.1, 0.15) is 5.01 Å². The molecule has 1 saturated heterocycles. The summed E-state index contributed by atoms with van der Waals surface area (Å²) in [7, 11) is 0. The smallest absolute Gasteiger partial charge is 0.123 e. The van der Waals surface area contributed by atoms with Crippen LogP contribution >= 0.6 is 22.9 Å². The number of thiazole rings is 1. The molecule has 0 saturated carbocycles. The first kappa shape index (κ1) is 19.4. The number of nitrogens with zero attached hydrogens (tertiary/aromatic N) is 2. The van der Waals surface area contributed by atoms with Gasteiger partial charge >= 0.3 is 0 Å². The van der Waals surface area contributed by atoms with E-state index in [0.29, 0.717) is 13.2 Å². The van der Waals surface area contributed by atoms with Gasteiger partial charge in [0, 0.05) is 29.4 Å². The summed E-state index contributed by atoms with van der Waals surface area (Å²) in [4.78, 5) is 8.19. The molecule has 1 unspecified atom stereocenters. The molecule has 0 radical (unpaired) electrons. The van der Waals surface area contributed by atoms with E-state index in [2.05, 4.69) is 34.1 Å². The Bertz CT molecular complexity index is 899. The van der Waals surface area contributed by atoms with Crippen LogP contribution < -0.4 is 4.90 Å². The molecule has 0 spiro atoms. The molecule has 1 aliphatic rings. The molecule has 1 aromatic heterocycles. The van der Waals surface area contributed by atoms with Gasteiger partial charge in [-0.25, -0.2) is 4.98 Å². The summed E-state index contributed by atoms with van der Waals surface area (Å²) in [6.45, 7) is 5.66. The van der Waals surface area contributed by atoms with Crippen LogP contribution in [0.2, 0.25) is 5.02 Å². The van der Waals surface area contributed by atoms with Crippen LogP contribution in [0, 0.1) is 6.92 Å². The largest absolute Gasteiger partial charge is 0.373 e. The van der Waals surface area contributed by atoms with Crippen LogP contribution in [0.4, 0.5) is 5.69 Å². The molecule has 1 fully saturated rings. The zero-order valence-corrected chi connectivity index (χ0v) is 17.4. The van der Waals surface area contributed by atoms with E-state index in [1.165, 1.54) is 5.69 Å². The van der Waals surface area contributed by atoms with Crippen molar-refractivity contribution in [1.82, 2.24) is 4.98 Å². The van der Waals surface area contributed by atoms with Gasteiger partial charge in [-0.1, -0.05) is 41.9 Å². The molecule has 1 aliphatic heterocycles. The maximum atomic E-state index is 5.99. The molecule has 0 aliphatic carbocycles. The van der Waals surface area contributed by atoms with E-state index in [9.17, 15) is 0 Å². The molecular weight excluding hydrogens is 392 g/mol. The van der Waals surface area contributed by atoms with Gasteiger partial charge in [0.05, 0.1) is 36.5 Å². The monoisotopic (exact) mass is 414 g/mol. The number of morpholine rings is 1. The summed E-state index contributed by atoms with van der Waals surface area (Å²) in [6.07, 6.45) is 0.0814. The molecule has 0 amide bonds.